The second-order valence-corrected chi connectivity index (χ2v) is 12.6. The summed E-state index contributed by atoms with van der Waals surface area (Å²) in [7, 11) is 0. The van der Waals surface area contributed by atoms with Crippen molar-refractivity contribution in [1.82, 2.24) is 10.3 Å². The van der Waals surface area contributed by atoms with E-state index in [-0.39, 0.29) is 54.6 Å². The SMILES string of the molecule is CCCCCCCCC(CCCCCC)C(=O)Nc1cc(O)c(Sc2nc(CC(=O)NCCOCCO)cs2)cc1O. The number of aliphatic hydroxyl groups is 1. The monoisotopic (exact) mass is 623 g/mol. The number of hydrogen-bond acceptors (Lipinski definition) is 9. The van der Waals surface area contributed by atoms with E-state index in [0.717, 1.165) is 51.4 Å². The first kappa shape index (κ1) is 35.9. The maximum Gasteiger partial charge on any atom is 0.227 e. The van der Waals surface area contributed by atoms with Crippen molar-refractivity contribution in [3.63, 3.8) is 0 Å². The van der Waals surface area contributed by atoms with Crippen LogP contribution in [0, 0.1) is 5.92 Å². The van der Waals surface area contributed by atoms with Crippen LogP contribution in [-0.2, 0) is 20.7 Å². The number of unbranched alkanes of at least 4 members (excludes halogenated alkanes) is 8. The number of hydrogen-bond donors (Lipinski definition) is 5. The number of amides is 2. The van der Waals surface area contributed by atoms with Crippen molar-refractivity contribution in [2.45, 2.75) is 107 Å². The molecule has 0 aliphatic carbocycles. The number of aliphatic hydroxyl groups excluding tert-OH is 1. The number of phenolic OH excluding ortho intramolecular Hbond substituents is 2. The number of carbonyl (C=O) groups is 2. The molecule has 0 saturated carbocycles. The summed E-state index contributed by atoms with van der Waals surface area (Å²) in [4.78, 5) is 30.2. The Labute approximate surface area is 258 Å². The molecule has 2 amide bonds. The molecule has 1 heterocycles. The minimum Gasteiger partial charge on any atom is -0.507 e. The van der Waals surface area contributed by atoms with E-state index in [4.69, 9.17) is 9.84 Å². The number of phenols is 2. The molecule has 236 valence electrons. The van der Waals surface area contributed by atoms with Gasteiger partial charge in [-0.1, -0.05) is 89.8 Å². The number of anilines is 1. The second-order valence-electron chi connectivity index (χ2n) is 10.5. The molecule has 42 heavy (non-hydrogen) atoms. The highest BCUT2D eigenvalue weighted by Gasteiger charge is 2.21. The summed E-state index contributed by atoms with van der Waals surface area (Å²) in [6.45, 7) is 5.22. The lowest BCUT2D eigenvalue weighted by Gasteiger charge is -2.18. The van der Waals surface area contributed by atoms with Gasteiger partial charge in [-0.05, 0) is 18.9 Å². The van der Waals surface area contributed by atoms with Gasteiger partial charge in [-0.25, -0.2) is 4.98 Å². The fraction of sp³-hybridized carbons (Fsp3) is 0.645. The van der Waals surface area contributed by atoms with Gasteiger partial charge in [0.1, 0.15) is 11.5 Å². The van der Waals surface area contributed by atoms with Crippen LogP contribution >= 0.6 is 23.1 Å². The van der Waals surface area contributed by atoms with Crippen molar-refractivity contribution in [3.8, 4) is 11.5 Å². The molecule has 2 rings (SSSR count). The Morgan fingerprint density at radius 2 is 1.62 bits per heavy atom. The number of thiazole rings is 1. The van der Waals surface area contributed by atoms with E-state index in [1.807, 2.05) is 0 Å². The fourth-order valence-electron chi connectivity index (χ4n) is 4.54. The van der Waals surface area contributed by atoms with Gasteiger partial charge < -0.3 is 30.7 Å². The fourth-order valence-corrected chi connectivity index (χ4v) is 6.37. The van der Waals surface area contributed by atoms with Crippen LogP contribution in [0.3, 0.4) is 0 Å². The van der Waals surface area contributed by atoms with Gasteiger partial charge >= 0.3 is 0 Å². The first-order valence-electron chi connectivity index (χ1n) is 15.3. The molecule has 0 radical (unpaired) electrons. The number of nitrogens with one attached hydrogen (secondary N) is 2. The van der Waals surface area contributed by atoms with Crippen LogP contribution in [0.25, 0.3) is 0 Å². The predicted molar refractivity (Wildman–Crippen MR) is 169 cm³/mol. The van der Waals surface area contributed by atoms with Gasteiger partial charge in [0.05, 0.1) is 42.5 Å². The average molecular weight is 624 g/mol. The van der Waals surface area contributed by atoms with Crippen LogP contribution < -0.4 is 10.6 Å². The second kappa shape index (κ2) is 21.4. The molecule has 9 nitrogen and oxygen atoms in total. The molecule has 11 heteroatoms. The Hall–Kier alpha value is -2.34. The molecule has 0 fully saturated rings. The maximum atomic E-state index is 13.2. The lowest BCUT2D eigenvalue weighted by molar-refractivity contribution is -0.121. The Morgan fingerprint density at radius 3 is 2.31 bits per heavy atom. The summed E-state index contributed by atoms with van der Waals surface area (Å²) in [6, 6.07) is 2.81. The van der Waals surface area contributed by atoms with Crippen LogP contribution in [-0.4, -0.2) is 58.5 Å². The van der Waals surface area contributed by atoms with Crippen LogP contribution in [0.2, 0.25) is 0 Å². The molecule has 0 aliphatic heterocycles. The zero-order valence-electron chi connectivity index (χ0n) is 25.2. The van der Waals surface area contributed by atoms with Gasteiger partial charge in [0.15, 0.2) is 4.34 Å². The number of nitrogens with zero attached hydrogens (tertiary/aromatic N) is 1. The Bertz CT molecular complexity index is 1070. The van der Waals surface area contributed by atoms with Gasteiger partial charge in [-0.3, -0.25) is 9.59 Å². The molecule has 0 spiro atoms. The Balaban J connectivity index is 1.94. The van der Waals surface area contributed by atoms with E-state index in [9.17, 15) is 19.8 Å². The summed E-state index contributed by atoms with van der Waals surface area (Å²) in [5.74, 6) is -0.612. The highest BCUT2D eigenvalue weighted by molar-refractivity contribution is 8.01. The third-order valence-electron chi connectivity index (χ3n) is 6.89. The zero-order valence-corrected chi connectivity index (χ0v) is 26.8. The summed E-state index contributed by atoms with van der Waals surface area (Å²) in [5.41, 5.74) is 0.794. The summed E-state index contributed by atoms with van der Waals surface area (Å²) in [5, 5.41) is 37.5. The lowest BCUT2D eigenvalue weighted by atomic mass is 9.93. The molecular weight excluding hydrogens is 574 g/mol. The molecule has 5 N–H and O–H groups in total. The minimum absolute atomic E-state index is 0.0587. The van der Waals surface area contributed by atoms with Crippen molar-refractivity contribution in [2.75, 3.05) is 31.7 Å². The summed E-state index contributed by atoms with van der Waals surface area (Å²) in [6.07, 6.45) is 13.2. The summed E-state index contributed by atoms with van der Waals surface area (Å²) >= 11 is 2.52. The van der Waals surface area contributed by atoms with Gasteiger partial charge in [-0.2, -0.15) is 0 Å². The largest absolute Gasteiger partial charge is 0.507 e. The molecule has 0 aliphatic rings. The number of benzene rings is 1. The van der Waals surface area contributed by atoms with E-state index in [1.165, 1.54) is 60.9 Å². The van der Waals surface area contributed by atoms with Gasteiger partial charge in [0.25, 0.3) is 0 Å². The van der Waals surface area contributed by atoms with Crippen molar-refractivity contribution < 1.29 is 29.6 Å². The first-order valence-corrected chi connectivity index (χ1v) is 17.0. The van der Waals surface area contributed by atoms with E-state index >= 15 is 0 Å². The average Bonchev–Trinajstić information content (AvgIpc) is 3.40. The van der Waals surface area contributed by atoms with E-state index < -0.39 is 0 Å². The Morgan fingerprint density at radius 1 is 0.952 bits per heavy atom. The molecule has 2 aromatic rings. The standard InChI is InChI=1S/C31H49N3O6S2/c1-3-5-7-9-10-12-14-23(13-11-8-6-4-2)30(39)34-25-20-27(37)28(21-26(25)36)42-31-33-24(22-41-31)19-29(38)32-15-17-40-18-16-35/h20-23,35-37H,3-19H2,1-2H3,(H,32,38)(H,34,39). The van der Waals surface area contributed by atoms with E-state index in [0.29, 0.717) is 28.1 Å². The van der Waals surface area contributed by atoms with Gasteiger partial charge in [0.2, 0.25) is 11.8 Å². The summed E-state index contributed by atoms with van der Waals surface area (Å²) < 4.78 is 5.73. The molecule has 1 unspecified atom stereocenters. The number of ether oxygens (including phenoxy) is 1. The molecule has 1 aromatic carbocycles. The molecule has 1 aromatic heterocycles. The third kappa shape index (κ3) is 14.2. The van der Waals surface area contributed by atoms with Crippen LogP contribution in [0.15, 0.2) is 26.7 Å². The predicted octanol–water partition coefficient (Wildman–Crippen LogP) is 6.65. The van der Waals surface area contributed by atoms with Crippen molar-refractivity contribution in [1.29, 1.82) is 0 Å². The van der Waals surface area contributed by atoms with E-state index in [2.05, 4.69) is 29.5 Å². The highest BCUT2D eigenvalue weighted by atomic mass is 32.2. The first-order chi connectivity index (χ1) is 20.4. The van der Waals surface area contributed by atoms with Crippen LogP contribution in [0.5, 0.6) is 11.5 Å². The molecule has 1 atom stereocenters. The molecule has 0 saturated heterocycles. The Kier molecular flexibility index (Phi) is 18.2. The maximum absolute atomic E-state index is 13.2. The van der Waals surface area contributed by atoms with Crippen molar-refractivity contribution >= 4 is 40.6 Å². The third-order valence-corrected chi connectivity index (χ3v) is 8.93. The van der Waals surface area contributed by atoms with Gasteiger partial charge in [-0.15, -0.1) is 11.3 Å². The zero-order chi connectivity index (χ0) is 30.6. The minimum atomic E-state index is -0.190. The highest BCUT2D eigenvalue weighted by Crippen LogP contribution is 2.41. The molecule has 0 bridgehead atoms. The number of aromatic hydroxyl groups is 2. The topological polar surface area (TPSA) is 141 Å². The number of carbonyl (C=O) groups excluding carboxylic acids is 2. The van der Waals surface area contributed by atoms with Crippen molar-refractivity contribution in [3.05, 3.63) is 23.2 Å². The number of rotatable bonds is 23. The quantitative estimate of drug-likeness (QED) is 0.0527. The van der Waals surface area contributed by atoms with Crippen LogP contribution in [0.1, 0.15) is 96.6 Å². The number of aromatic nitrogens is 1. The normalized spacial score (nSPS) is 11.9. The van der Waals surface area contributed by atoms with Crippen LogP contribution in [0.4, 0.5) is 5.69 Å². The lowest BCUT2D eigenvalue weighted by Crippen LogP contribution is -2.29. The van der Waals surface area contributed by atoms with Gasteiger partial charge in [0, 0.05) is 23.9 Å². The van der Waals surface area contributed by atoms with E-state index in [1.54, 1.807) is 5.38 Å². The smallest absolute Gasteiger partial charge is 0.227 e. The van der Waals surface area contributed by atoms with Crippen molar-refractivity contribution in [2.24, 2.45) is 5.92 Å². The molecular formula is C31H49N3O6S2.